The van der Waals surface area contributed by atoms with Crippen LogP contribution in [0, 0.1) is 0 Å². The van der Waals surface area contributed by atoms with Crippen LogP contribution in [0.2, 0.25) is 0 Å². The summed E-state index contributed by atoms with van der Waals surface area (Å²) in [6, 6.07) is 0. The summed E-state index contributed by atoms with van der Waals surface area (Å²) >= 11 is 0. The molecule has 0 radical (unpaired) electrons. The zero-order valence-corrected chi connectivity index (χ0v) is 12.7. The van der Waals surface area contributed by atoms with E-state index in [2.05, 4.69) is 19.1 Å². The van der Waals surface area contributed by atoms with Gasteiger partial charge in [0, 0.05) is 0 Å². The summed E-state index contributed by atoms with van der Waals surface area (Å²) in [4.78, 5) is 0. The molecular weight excluding hydrogens is 220 g/mol. The maximum atomic E-state index is 9.12. The predicted molar refractivity (Wildman–Crippen MR) is 81.9 cm³/mol. The van der Waals surface area contributed by atoms with Crippen molar-refractivity contribution in [3.8, 4) is 0 Å². The SMILES string of the molecule is CCCCCCCC/C=C/CCCCCC(C)O. The van der Waals surface area contributed by atoms with Crippen LogP contribution in [0.25, 0.3) is 0 Å². The molecule has 18 heavy (non-hydrogen) atoms. The normalized spacial score (nSPS) is 13.3. The van der Waals surface area contributed by atoms with Crippen LogP contribution in [0.3, 0.4) is 0 Å². The zero-order valence-electron chi connectivity index (χ0n) is 12.7. The summed E-state index contributed by atoms with van der Waals surface area (Å²) in [6.45, 7) is 4.14. The van der Waals surface area contributed by atoms with Gasteiger partial charge < -0.3 is 5.11 Å². The second-order valence-electron chi connectivity index (χ2n) is 5.51. The van der Waals surface area contributed by atoms with Crippen molar-refractivity contribution in [3.05, 3.63) is 12.2 Å². The summed E-state index contributed by atoms with van der Waals surface area (Å²) in [5.74, 6) is 0. The lowest BCUT2D eigenvalue weighted by molar-refractivity contribution is 0.180. The number of allylic oxidation sites excluding steroid dienone is 2. The molecule has 0 heterocycles. The molecule has 0 amide bonds. The molecule has 1 atom stereocenters. The average Bonchev–Trinajstić information content (AvgIpc) is 2.34. The number of aliphatic hydroxyl groups is 1. The van der Waals surface area contributed by atoms with E-state index in [0.717, 1.165) is 6.42 Å². The van der Waals surface area contributed by atoms with Crippen LogP contribution in [-0.4, -0.2) is 11.2 Å². The quantitative estimate of drug-likeness (QED) is 0.334. The molecule has 0 aliphatic rings. The van der Waals surface area contributed by atoms with Gasteiger partial charge in [-0.05, 0) is 39.0 Å². The minimum atomic E-state index is -0.117. The summed E-state index contributed by atoms with van der Waals surface area (Å²) in [5, 5.41) is 9.12. The molecule has 0 fully saturated rings. The Bertz CT molecular complexity index is 172. The minimum absolute atomic E-state index is 0.117. The van der Waals surface area contributed by atoms with Gasteiger partial charge in [0.1, 0.15) is 0 Å². The van der Waals surface area contributed by atoms with Gasteiger partial charge >= 0.3 is 0 Å². The number of hydrogen-bond acceptors (Lipinski definition) is 1. The van der Waals surface area contributed by atoms with E-state index >= 15 is 0 Å². The van der Waals surface area contributed by atoms with E-state index in [1.54, 1.807) is 0 Å². The van der Waals surface area contributed by atoms with Crippen LogP contribution in [0.5, 0.6) is 0 Å². The highest BCUT2D eigenvalue weighted by molar-refractivity contribution is 4.81. The minimum Gasteiger partial charge on any atom is -0.393 e. The molecule has 1 unspecified atom stereocenters. The number of aliphatic hydroxyl groups excluding tert-OH is 1. The topological polar surface area (TPSA) is 20.2 Å². The van der Waals surface area contributed by atoms with Gasteiger partial charge in [0.15, 0.2) is 0 Å². The molecule has 0 saturated heterocycles. The van der Waals surface area contributed by atoms with Gasteiger partial charge in [0.25, 0.3) is 0 Å². The van der Waals surface area contributed by atoms with Crippen LogP contribution in [0.1, 0.15) is 90.9 Å². The molecule has 0 bridgehead atoms. The fourth-order valence-electron chi connectivity index (χ4n) is 2.16. The summed E-state index contributed by atoms with van der Waals surface area (Å²) in [6.07, 6.45) is 20.1. The lowest BCUT2D eigenvalue weighted by Gasteiger charge is -2.02. The summed E-state index contributed by atoms with van der Waals surface area (Å²) < 4.78 is 0. The first-order valence-corrected chi connectivity index (χ1v) is 8.10. The van der Waals surface area contributed by atoms with Crippen LogP contribution in [-0.2, 0) is 0 Å². The lowest BCUT2D eigenvalue weighted by atomic mass is 10.1. The molecule has 0 saturated carbocycles. The third kappa shape index (κ3) is 15.7. The van der Waals surface area contributed by atoms with Crippen LogP contribution < -0.4 is 0 Å². The van der Waals surface area contributed by atoms with E-state index in [-0.39, 0.29) is 6.10 Å². The van der Waals surface area contributed by atoms with Gasteiger partial charge in [0.05, 0.1) is 6.10 Å². The fourth-order valence-corrected chi connectivity index (χ4v) is 2.16. The Morgan fingerprint density at radius 1 is 0.778 bits per heavy atom. The van der Waals surface area contributed by atoms with Crippen LogP contribution in [0.15, 0.2) is 12.2 Å². The Morgan fingerprint density at radius 3 is 1.83 bits per heavy atom. The molecule has 1 N–H and O–H groups in total. The van der Waals surface area contributed by atoms with Gasteiger partial charge in [-0.2, -0.15) is 0 Å². The first kappa shape index (κ1) is 17.7. The van der Waals surface area contributed by atoms with E-state index in [4.69, 9.17) is 5.11 Å². The summed E-state index contributed by atoms with van der Waals surface area (Å²) in [5.41, 5.74) is 0. The standard InChI is InChI=1S/C17H34O/c1-3-4-5-6-7-8-9-10-11-12-13-14-15-16-17(2)18/h10-11,17-18H,3-9,12-16H2,1-2H3/b11-10+. The van der Waals surface area contributed by atoms with Crippen molar-refractivity contribution in [2.45, 2.75) is 97.0 Å². The Kier molecular flexibility index (Phi) is 14.5. The van der Waals surface area contributed by atoms with E-state index in [9.17, 15) is 0 Å². The third-order valence-electron chi connectivity index (χ3n) is 3.38. The highest BCUT2D eigenvalue weighted by atomic mass is 16.3. The highest BCUT2D eigenvalue weighted by Gasteiger charge is 1.94. The van der Waals surface area contributed by atoms with Crippen molar-refractivity contribution in [2.24, 2.45) is 0 Å². The van der Waals surface area contributed by atoms with Gasteiger partial charge in [-0.25, -0.2) is 0 Å². The van der Waals surface area contributed by atoms with Crippen molar-refractivity contribution < 1.29 is 5.11 Å². The van der Waals surface area contributed by atoms with Crippen molar-refractivity contribution in [2.75, 3.05) is 0 Å². The number of unbranched alkanes of at least 4 members (excludes halogenated alkanes) is 9. The molecule has 0 aromatic heterocycles. The smallest absolute Gasteiger partial charge is 0.0512 e. The highest BCUT2D eigenvalue weighted by Crippen LogP contribution is 2.09. The first-order chi connectivity index (χ1) is 8.77. The van der Waals surface area contributed by atoms with Crippen molar-refractivity contribution in [3.63, 3.8) is 0 Å². The van der Waals surface area contributed by atoms with Crippen molar-refractivity contribution in [1.82, 2.24) is 0 Å². The van der Waals surface area contributed by atoms with Crippen molar-refractivity contribution in [1.29, 1.82) is 0 Å². The Labute approximate surface area is 115 Å². The molecule has 0 aliphatic heterocycles. The second kappa shape index (κ2) is 14.8. The van der Waals surface area contributed by atoms with E-state index < -0.39 is 0 Å². The molecule has 1 heteroatoms. The fraction of sp³-hybridized carbons (Fsp3) is 0.882. The first-order valence-electron chi connectivity index (χ1n) is 8.10. The molecule has 0 spiro atoms. The van der Waals surface area contributed by atoms with Gasteiger partial charge in [-0.3, -0.25) is 0 Å². The Morgan fingerprint density at radius 2 is 1.28 bits per heavy atom. The molecule has 0 aliphatic carbocycles. The number of rotatable bonds is 13. The molecule has 108 valence electrons. The van der Waals surface area contributed by atoms with Crippen LogP contribution in [0.4, 0.5) is 0 Å². The monoisotopic (exact) mass is 254 g/mol. The Hall–Kier alpha value is -0.300. The Balaban J connectivity index is 3.05. The number of hydrogen-bond donors (Lipinski definition) is 1. The second-order valence-corrected chi connectivity index (χ2v) is 5.51. The maximum absolute atomic E-state index is 9.12. The molecular formula is C17H34O. The average molecular weight is 254 g/mol. The van der Waals surface area contributed by atoms with Gasteiger partial charge in [-0.15, -0.1) is 0 Å². The molecule has 1 nitrogen and oxygen atoms in total. The van der Waals surface area contributed by atoms with E-state index in [1.165, 1.54) is 70.6 Å². The zero-order chi connectivity index (χ0) is 13.5. The molecule has 0 rings (SSSR count). The maximum Gasteiger partial charge on any atom is 0.0512 e. The van der Waals surface area contributed by atoms with E-state index in [0.29, 0.717) is 0 Å². The summed E-state index contributed by atoms with van der Waals surface area (Å²) in [7, 11) is 0. The van der Waals surface area contributed by atoms with Gasteiger partial charge in [-0.1, -0.05) is 64.0 Å². The van der Waals surface area contributed by atoms with E-state index in [1.807, 2.05) is 6.92 Å². The van der Waals surface area contributed by atoms with Crippen molar-refractivity contribution >= 4 is 0 Å². The molecule has 0 aromatic carbocycles. The molecule has 0 aromatic rings. The van der Waals surface area contributed by atoms with Gasteiger partial charge in [0.2, 0.25) is 0 Å². The lowest BCUT2D eigenvalue weighted by Crippen LogP contribution is -1.97. The third-order valence-corrected chi connectivity index (χ3v) is 3.38. The van der Waals surface area contributed by atoms with Crippen LogP contribution >= 0.6 is 0 Å². The predicted octanol–water partition coefficient (Wildman–Crippen LogP) is 5.62. The largest absolute Gasteiger partial charge is 0.393 e.